The summed E-state index contributed by atoms with van der Waals surface area (Å²) in [6.07, 6.45) is 6.26. The molecular formula is C20H27F3N4O2S. The number of aliphatic imine (C=N–C) groups is 1. The van der Waals surface area contributed by atoms with Gasteiger partial charge in [0.2, 0.25) is 5.91 Å². The lowest BCUT2D eigenvalue weighted by atomic mass is 9.92. The standard InChI is InChI=1S/C20H27F3N4O2S/c1-13-15(6-2-3-8-19(30)27-24)9-10-17(25-13)26-18(28)12-14-5-4-7-16(11-14)29-20(21,22)23/h5,9-11,13,15H,2-4,6-8,12,24H2,1H3,(H,27,30)(H,25,26,28). The number of ether oxygens (including phenoxy) is 1. The summed E-state index contributed by atoms with van der Waals surface area (Å²) in [6.45, 7) is 1.99. The van der Waals surface area contributed by atoms with E-state index in [4.69, 9.17) is 18.1 Å². The number of rotatable bonds is 8. The molecule has 0 saturated heterocycles. The predicted octanol–water partition coefficient (Wildman–Crippen LogP) is 3.96. The quantitative estimate of drug-likeness (QED) is 0.228. The minimum atomic E-state index is -4.72. The summed E-state index contributed by atoms with van der Waals surface area (Å²) in [6, 6.07) is 0.0189. The van der Waals surface area contributed by atoms with Crippen LogP contribution in [0.4, 0.5) is 13.2 Å². The lowest BCUT2D eigenvalue weighted by Crippen LogP contribution is -2.33. The minimum Gasteiger partial charge on any atom is -0.410 e. The van der Waals surface area contributed by atoms with Gasteiger partial charge in [0.05, 0.1) is 17.5 Å². The highest BCUT2D eigenvalue weighted by molar-refractivity contribution is 7.80. The maximum absolute atomic E-state index is 12.4. The van der Waals surface area contributed by atoms with Crippen LogP contribution >= 0.6 is 12.2 Å². The summed E-state index contributed by atoms with van der Waals surface area (Å²) in [4.78, 5) is 17.4. The van der Waals surface area contributed by atoms with Crippen molar-refractivity contribution in [3.8, 4) is 0 Å². The molecule has 0 radical (unpaired) electrons. The largest absolute Gasteiger partial charge is 0.572 e. The number of allylic oxidation sites excluding steroid dienone is 3. The molecule has 6 nitrogen and oxygen atoms in total. The number of unbranched alkanes of at least 4 members (excludes halogenated alkanes) is 1. The third-order valence-corrected chi connectivity index (χ3v) is 5.16. The first kappa shape index (κ1) is 24.1. The van der Waals surface area contributed by atoms with Crippen LogP contribution in [0.3, 0.4) is 0 Å². The molecule has 1 amide bonds. The van der Waals surface area contributed by atoms with E-state index in [0.29, 0.717) is 22.8 Å². The van der Waals surface area contributed by atoms with Gasteiger partial charge in [0.1, 0.15) is 11.6 Å². The third-order valence-electron chi connectivity index (χ3n) is 4.84. The number of hydrogen-bond acceptors (Lipinski definition) is 5. The van der Waals surface area contributed by atoms with E-state index in [-0.39, 0.29) is 36.5 Å². The number of nitrogens with two attached hydrogens (primary N) is 1. The zero-order chi connectivity index (χ0) is 22.1. The van der Waals surface area contributed by atoms with Crippen LogP contribution in [0, 0.1) is 5.92 Å². The number of alkyl halides is 3. The van der Waals surface area contributed by atoms with E-state index < -0.39 is 6.36 Å². The van der Waals surface area contributed by atoms with Gasteiger partial charge in [0, 0.05) is 6.42 Å². The van der Waals surface area contributed by atoms with Crippen LogP contribution in [0.5, 0.6) is 0 Å². The Morgan fingerprint density at radius 2 is 2.17 bits per heavy atom. The van der Waals surface area contributed by atoms with Gasteiger partial charge < -0.3 is 15.5 Å². The van der Waals surface area contributed by atoms with Crippen LogP contribution in [0.25, 0.3) is 0 Å². The molecule has 2 rings (SSSR count). The highest BCUT2D eigenvalue weighted by Crippen LogP contribution is 2.28. The Labute approximate surface area is 179 Å². The fraction of sp³-hybridized carbons (Fsp3) is 0.550. The van der Waals surface area contributed by atoms with Crippen molar-refractivity contribution in [2.75, 3.05) is 0 Å². The number of halogens is 3. The Morgan fingerprint density at radius 1 is 1.40 bits per heavy atom. The molecule has 1 aliphatic carbocycles. The maximum Gasteiger partial charge on any atom is 0.572 e. The molecule has 2 aliphatic rings. The summed E-state index contributed by atoms with van der Waals surface area (Å²) in [7, 11) is 0. The van der Waals surface area contributed by atoms with Crippen molar-refractivity contribution in [3.05, 3.63) is 35.6 Å². The van der Waals surface area contributed by atoms with Gasteiger partial charge in [-0.1, -0.05) is 30.8 Å². The number of nitrogens with one attached hydrogen (secondary N) is 2. The molecule has 1 heterocycles. The summed E-state index contributed by atoms with van der Waals surface area (Å²) < 4.78 is 41.0. The lowest BCUT2D eigenvalue weighted by Gasteiger charge is -2.22. The molecule has 10 heteroatoms. The molecule has 0 spiro atoms. The van der Waals surface area contributed by atoms with Gasteiger partial charge in [0.15, 0.2) is 0 Å². The van der Waals surface area contributed by atoms with Crippen molar-refractivity contribution >= 4 is 28.9 Å². The average Bonchev–Trinajstić information content (AvgIpc) is 2.65. The second kappa shape index (κ2) is 11.3. The molecule has 1 aliphatic heterocycles. The molecule has 0 aromatic heterocycles. The highest BCUT2D eigenvalue weighted by atomic mass is 32.1. The van der Waals surface area contributed by atoms with Gasteiger partial charge in [-0.05, 0) is 56.3 Å². The normalized spacial score (nSPS) is 21.3. The first-order chi connectivity index (χ1) is 14.2. The van der Waals surface area contributed by atoms with E-state index in [2.05, 4.69) is 20.5 Å². The van der Waals surface area contributed by atoms with E-state index >= 15 is 0 Å². The number of dihydropyridines is 1. The third kappa shape index (κ3) is 8.66. The Hall–Kier alpha value is -2.20. The number of thiocarbonyl (C=S) groups is 1. The second-order valence-corrected chi connectivity index (χ2v) is 7.79. The number of amides is 1. The van der Waals surface area contributed by atoms with Gasteiger partial charge in [-0.2, -0.15) is 0 Å². The van der Waals surface area contributed by atoms with Crippen molar-refractivity contribution in [2.45, 2.75) is 64.3 Å². The van der Waals surface area contributed by atoms with E-state index in [1.807, 2.05) is 13.0 Å². The van der Waals surface area contributed by atoms with Crippen LogP contribution in [0.1, 0.15) is 51.9 Å². The molecule has 2 unspecified atom stereocenters. The number of amidine groups is 1. The van der Waals surface area contributed by atoms with Crippen LogP contribution in [0.2, 0.25) is 0 Å². The predicted molar refractivity (Wildman–Crippen MR) is 113 cm³/mol. The summed E-state index contributed by atoms with van der Waals surface area (Å²) in [5.41, 5.74) is 2.96. The highest BCUT2D eigenvalue weighted by Gasteiger charge is 2.32. The summed E-state index contributed by atoms with van der Waals surface area (Å²) >= 11 is 5.02. The Balaban J connectivity index is 1.79. The fourth-order valence-corrected chi connectivity index (χ4v) is 3.49. The molecule has 0 aromatic carbocycles. The number of hydrazine groups is 1. The van der Waals surface area contributed by atoms with Crippen molar-refractivity contribution in [3.63, 3.8) is 0 Å². The molecule has 0 bridgehead atoms. The van der Waals surface area contributed by atoms with Gasteiger partial charge in [-0.15, -0.1) is 13.2 Å². The minimum absolute atomic E-state index is 0.0189. The number of carbonyl (C=O) groups is 1. The fourth-order valence-electron chi connectivity index (χ4n) is 3.35. The van der Waals surface area contributed by atoms with Crippen molar-refractivity contribution in [2.24, 2.45) is 16.8 Å². The van der Waals surface area contributed by atoms with E-state index in [1.54, 1.807) is 12.2 Å². The van der Waals surface area contributed by atoms with Crippen molar-refractivity contribution in [1.82, 2.24) is 10.7 Å². The summed E-state index contributed by atoms with van der Waals surface area (Å²) in [5.74, 6) is 5.48. The molecule has 166 valence electrons. The van der Waals surface area contributed by atoms with Crippen LogP contribution in [-0.4, -0.2) is 29.1 Å². The lowest BCUT2D eigenvalue weighted by molar-refractivity contribution is -0.306. The molecule has 0 aromatic rings. The zero-order valence-corrected chi connectivity index (χ0v) is 17.6. The number of nitrogens with zero attached hydrogens (tertiary/aromatic N) is 1. The maximum atomic E-state index is 12.4. The number of hydrogen-bond donors (Lipinski definition) is 3. The number of carbonyl (C=O) groups excluding carboxylic acids is 1. The van der Waals surface area contributed by atoms with Gasteiger partial charge >= 0.3 is 6.36 Å². The molecule has 0 fully saturated rings. The van der Waals surface area contributed by atoms with Crippen molar-refractivity contribution < 1.29 is 22.7 Å². The Morgan fingerprint density at radius 3 is 2.83 bits per heavy atom. The Kier molecular flexibility index (Phi) is 9.04. The molecule has 2 atom stereocenters. The molecular weight excluding hydrogens is 417 g/mol. The monoisotopic (exact) mass is 444 g/mol. The van der Waals surface area contributed by atoms with Crippen LogP contribution in [0.15, 0.2) is 40.6 Å². The van der Waals surface area contributed by atoms with Gasteiger partial charge in [-0.25, -0.2) is 0 Å². The zero-order valence-electron chi connectivity index (χ0n) is 16.8. The van der Waals surface area contributed by atoms with E-state index in [1.165, 1.54) is 6.08 Å². The Bertz CT molecular complexity index is 760. The first-order valence-corrected chi connectivity index (χ1v) is 10.3. The van der Waals surface area contributed by atoms with Gasteiger partial charge in [-0.3, -0.25) is 15.6 Å². The SMILES string of the molecule is CC1N=C(NC(=O)CC2=CCCC(OC(F)(F)F)=C2)C=CC1CCCCC(=S)NN. The van der Waals surface area contributed by atoms with Crippen LogP contribution < -0.4 is 16.6 Å². The van der Waals surface area contributed by atoms with Gasteiger partial charge in [0.25, 0.3) is 0 Å². The van der Waals surface area contributed by atoms with Crippen molar-refractivity contribution in [1.29, 1.82) is 0 Å². The topological polar surface area (TPSA) is 88.7 Å². The first-order valence-electron chi connectivity index (χ1n) is 9.87. The van der Waals surface area contributed by atoms with E-state index in [0.717, 1.165) is 25.7 Å². The smallest absolute Gasteiger partial charge is 0.410 e. The van der Waals surface area contributed by atoms with E-state index in [9.17, 15) is 18.0 Å². The average molecular weight is 445 g/mol. The molecule has 4 N–H and O–H groups in total. The molecule has 0 saturated carbocycles. The second-order valence-electron chi connectivity index (χ2n) is 7.29. The van der Waals surface area contributed by atoms with Crippen LogP contribution in [-0.2, 0) is 9.53 Å². The summed E-state index contributed by atoms with van der Waals surface area (Å²) in [5, 5.41) is 2.72. The molecule has 30 heavy (non-hydrogen) atoms.